The summed E-state index contributed by atoms with van der Waals surface area (Å²) in [7, 11) is 0. The molecule has 3 nitrogen and oxygen atoms in total. The topological polar surface area (TPSA) is 40.5 Å². The van der Waals surface area contributed by atoms with Gasteiger partial charge in [0.1, 0.15) is 0 Å². The Morgan fingerprint density at radius 3 is 2.00 bits per heavy atom. The molecule has 4 aliphatic rings. The fraction of sp³-hybridized carbons (Fsp3) is 0.944. The molecule has 2 atom stereocenters. The first-order chi connectivity index (χ1) is 9.93. The predicted molar refractivity (Wildman–Crippen MR) is 84.1 cm³/mol. The zero-order valence-electron chi connectivity index (χ0n) is 13.8. The molecule has 1 N–H and O–H groups in total. The Morgan fingerprint density at radius 2 is 1.62 bits per heavy atom. The Balaban J connectivity index is 1.73. The van der Waals surface area contributed by atoms with Gasteiger partial charge in [-0.2, -0.15) is 0 Å². The molecule has 0 aromatic rings. The Bertz CT molecular complexity index is 371. The summed E-state index contributed by atoms with van der Waals surface area (Å²) in [5, 5.41) is 9.22. The summed E-state index contributed by atoms with van der Waals surface area (Å²) in [6, 6.07) is 0.540. The van der Waals surface area contributed by atoms with E-state index in [0.717, 1.165) is 24.3 Å². The van der Waals surface area contributed by atoms with Crippen molar-refractivity contribution in [2.45, 2.75) is 65.3 Å². The minimum atomic E-state index is -0.661. The molecule has 4 rings (SSSR count). The zero-order chi connectivity index (χ0) is 15.2. The van der Waals surface area contributed by atoms with Crippen molar-refractivity contribution in [2.75, 3.05) is 13.1 Å². The molecule has 4 fully saturated rings. The van der Waals surface area contributed by atoms with Crippen LogP contribution in [0.15, 0.2) is 0 Å². The summed E-state index contributed by atoms with van der Waals surface area (Å²) in [6.45, 7) is 8.09. The summed E-state index contributed by atoms with van der Waals surface area (Å²) < 4.78 is 0. The van der Waals surface area contributed by atoms with Crippen LogP contribution >= 0.6 is 0 Å². The van der Waals surface area contributed by atoms with Gasteiger partial charge in [-0.3, -0.25) is 9.69 Å². The highest BCUT2D eigenvalue weighted by Gasteiger charge is 2.54. The Hall–Kier alpha value is -0.570. The van der Waals surface area contributed by atoms with Gasteiger partial charge in [-0.05, 0) is 75.2 Å². The predicted octanol–water partition coefficient (Wildman–Crippen LogP) is 3.63. The first-order valence-corrected chi connectivity index (χ1v) is 8.90. The fourth-order valence-electron chi connectivity index (χ4n) is 6.07. The van der Waals surface area contributed by atoms with E-state index in [1.54, 1.807) is 0 Å². The number of carboxylic acid groups (broad SMARTS) is 1. The van der Waals surface area contributed by atoms with Gasteiger partial charge < -0.3 is 5.11 Å². The average molecular weight is 293 g/mol. The summed E-state index contributed by atoms with van der Waals surface area (Å²) >= 11 is 0. The Labute approximate surface area is 129 Å². The third-order valence-electron chi connectivity index (χ3n) is 6.86. The fourth-order valence-corrected chi connectivity index (χ4v) is 6.07. The van der Waals surface area contributed by atoms with Crippen LogP contribution in [0.4, 0.5) is 0 Å². The molecule has 21 heavy (non-hydrogen) atoms. The first-order valence-electron chi connectivity index (χ1n) is 8.90. The lowest BCUT2D eigenvalue weighted by Gasteiger charge is -2.60. The molecular weight excluding hydrogens is 262 g/mol. The standard InChI is InChI=1S/C18H31NO2/c1-4-19(11-12(2)17(20)21)13(3)18-8-14-5-15(9-18)7-16(6-14)10-18/h12-16H,4-11H2,1-3H3,(H,20,21). The number of carbonyl (C=O) groups is 1. The van der Waals surface area contributed by atoms with Crippen molar-refractivity contribution in [3.8, 4) is 0 Å². The summed E-state index contributed by atoms with van der Waals surface area (Å²) in [4.78, 5) is 13.6. The van der Waals surface area contributed by atoms with Crippen molar-refractivity contribution < 1.29 is 9.90 Å². The third kappa shape index (κ3) is 2.74. The highest BCUT2D eigenvalue weighted by molar-refractivity contribution is 5.69. The molecule has 2 unspecified atom stereocenters. The second-order valence-electron chi connectivity index (χ2n) is 8.28. The van der Waals surface area contributed by atoms with Gasteiger partial charge in [-0.25, -0.2) is 0 Å². The van der Waals surface area contributed by atoms with Crippen LogP contribution in [0.25, 0.3) is 0 Å². The SMILES string of the molecule is CCN(CC(C)C(=O)O)C(C)C12CC3CC(CC(C3)C1)C2. The molecule has 0 aliphatic heterocycles. The van der Waals surface area contributed by atoms with Crippen molar-refractivity contribution in [1.29, 1.82) is 0 Å². The van der Waals surface area contributed by atoms with Crippen molar-refractivity contribution in [1.82, 2.24) is 4.90 Å². The third-order valence-corrected chi connectivity index (χ3v) is 6.86. The van der Waals surface area contributed by atoms with Crippen LogP contribution in [0.5, 0.6) is 0 Å². The summed E-state index contributed by atoms with van der Waals surface area (Å²) in [5.41, 5.74) is 0.489. The maximum Gasteiger partial charge on any atom is 0.307 e. The molecular formula is C18H31NO2. The summed E-state index contributed by atoms with van der Waals surface area (Å²) in [6.07, 6.45) is 8.63. The molecule has 0 aromatic heterocycles. The van der Waals surface area contributed by atoms with Gasteiger partial charge in [0.25, 0.3) is 0 Å². The van der Waals surface area contributed by atoms with E-state index in [1.807, 2.05) is 6.92 Å². The highest BCUT2D eigenvalue weighted by atomic mass is 16.4. The monoisotopic (exact) mass is 293 g/mol. The summed E-state index contributed by atoms with van der Waals surface area (Å²) in [5.74, 6) is 1.98. The van der Waals surface area contributed by atoms with Crippen LogP contribution in [-0.2, 0) is 4.79 Å². The zero-order valence-corrected chi connectivity index (χ0v) is 13.8. The van der Waals surface area contributed by atoms with Crippen LogP contribution in [0, 0.1) is 29.1 Å². The maximum absolute atomic E-state index is 11.2. The first kappa shape index (κ1) is 15.3. The molecule has 0 spiro atoms. The molecule has 0 aromatic carbocycles. The van der Waals surface area contributed by atoms with E-state index < -0.39 is 5.97 Å². The normalized spacial score (nSPS) is 40.5. The van der Waals surface area contributed by atoms with Gasteiger partial charge in [0.05, 0.1) is 5.92 Å². The largest absolute Gasteiger partial charge is 0.481 e. The Morgan fingerprint density at radius 1 is 1.14 bits per heavy atom. The number of aliphatic carboxylic acids is 1. The Kier molecular flexibility index (Phi) is 4.06. The van der Waals surface area contributed by atoms with E-state index in [-0.39, 0.29) is 5.92 Å². The number of carboxylic acids is 1. The molecule has 0 radical (unpaired) electrons. The van der Waals surface area contributed by atoms with Crippen LogP contribution in [0.2, 0.25) is 0 Å². The molecule has 120 valence electrons. The minimum Gasteiger partial charge on any atom is -0.481 e. The molecule has 0 saturated heterocycles. The smallest absolute Gasteiger partial charge is 0.307 e. The lowest BCUT2D eigenvalue weighted by Crippen LogP contribution is -2.56. The maximum atomic E-state index is 11.2. The lowest BCUT2D eigenvalue weighted by molar-refractivity contribution is -0.143. The van der Waals surface area contributed by atoms with E-state index in [2.05, 4.69) is 18.7 Å². The van der Waals surface area contributed by atoms with Gasteiger partial charge in [0.15, 0.2) is 0 Å². The van der Waals surface area contributed by atoms with Crippen molar-refractivity contribution in [3.63, 3.8) is 0 Å². The molecule has 4 bridgehead atoms. The van der Waals surface area contributed by atoms with Crippen LogP contribution in [0.1, 0.15) is 59.3 Å². The van der Waals surface area contributed by atoms with Gasteiger partial charge >= 0.3 is 5.97 Å². The average Bonchev–Trinajstić information content (AvgIpc) is 2.42. The number of rotatable bonds is 6. The molecule has 0 amide bonds. The molecule has 4 aliphatic carbocycles. The molecule has 4 saturated carbocycles. The second-order valence-corrected chi connectivity index (χ2v) is 8.28. The second kappa shape index (κ2) is 5.57. The van der Waals surface area contributed by atoms with Crippen molar-refractivity contribution >= 4 is 5.97 Å². The van der Waals surface area contributed by atoms with Gasteiger partial charge in [-0.15, -0.1) is 0 Å². The molecule has 0 heterocycles. The molecule has 3 heteroatoms. The van der Waals surface area contributed by atoms with E-state index in [4.69, 9.17) is 0 Å². The van der Waals surface area contributed by atoms with E-state index in [1.165, 1.54) is 38.5 Å². The van der Waals surface area contributed by atoms with Gasteiger partial charge in [-0.1, -0.05) is 13.8 Å². The van der Waals surface area contributed by atoms with Crippen molar-refractivity contribution in [3.05, 3.63) is 0 Å². The number of nitrogens with zero attached hydrogens (tertiary/aromatic N) is 1. The quantitative estimate of drug-likeness (QED) is 0.813. The van der Waals surface area contributed by atoms with Crippen LogP contribution in [0.3, 0.4) is 0 Å². The van der Waals surface area contributed by atoms with Crippen LogP contribution in [-0.4, -0.2) is 35.1 Å². The number of hydrogen-bond acceptors (Lipinski definition) is 2. The van der Waals surface area contributed by atoms with E-state index >= 15 is 0 Å². The van der Waals surface area contributed by atoms with Gasteiger partial charge in [0.2, 0.25) is 0 Å². The highest BCUT2D eigenvalue weighted by Crippen LogP contribution is 2.61. The van der Waals surface area contributed by atoms with Gasteiger partial charge in [0, 0.05) is 12.6 Å². The van der Waals surface area contributed by atoms with E-state index in [0.29, 0.717) is 18.0 Å². The van der Waals surface area contributed by atoms with Crippen molar-refractivity contribution in [2.24, 2.45) is 29.1 Å². The lowest BCUT2D eigenvalue weighted by atomic mass is 9.47. The minimum absolute atomic E-state index is 0.263. The number of hydrogen-bond donors (Lipinski definition) is 1. The van der Waals surface area contributed by atoms with Crippen LogP contribution < -0.4 is 0 Å². The van der Waals surface area contributed by atoms with E-state index in [9.17, 15) is 9.90 Å².